The maximum Gasteiger partial charge on any atom is 0.0999 e. The number of benzene rings is 11. The Bertz CT molecular complexity index is 4460. The lowest BCUT2D eigenvalue weighted by Gasteiger charge is -2.42. The lowest BCUT2D eigenvalue weighted by atomic mass is 9.73. The number of rotatable bonds is 8. The van der Waals surface area contributed by atoms with Crippen LogP contribution in [0.2, 0.25) is 0 Å². The Morgan fingerprint density at radius 2 is 0.535 bits per heavy atom. The van der Waals surface area contributed by atoms with Gasteiger partial charge >= 0.3 is 0 Å². The molecule has 8 heteroatoms. The van der Waals surface area contributed by atoms with E-state index in [2.05, 4.69) is 244 Å². The summed E-state index contributed by atoms with van der Waals surface area (Å²) in [6.07, 6.45) is 0. The van der Waals surface area contributed by atoms with Crippen molar-refractivity contribution in [1.29, 1.82) is 31.6 Å². The summed E-state index contributed by atoms with van der Waals surface area (Å²) in [4.78, 5) is 4.69. The van der Waals surface area contributed by atoms with Gasteiger partial charge in [0.15, 0.2) is 0 Å². The summed E-state index contributed by atoms with van der Waals surface area (Å²) in [5.74, 6) is 0. The van der Waals surface area contributed by atoms with Gasteiger partial charge in [-0.05, 0) is 175 Å². The van der Waals surface area contributed by atoms with Crippen molar-refractivity contribution in [3.63, 3.8) is 0 Å². The van der Waals surface area contributed by atoms with Crippen LogP contribution in [0, 0.1) is 68.0 Å². The van der Waals surface area contributed by atoms with Gasteiger partial charge in [-0.1, -0.05) is 161 Å². The van der Waals surface area contributed by atoms with Crippen molar-refractivity contribution in [2.24, 2.45) is 0 Å². The molecule has 11 aromatic rings. The fourth-order valence-electron chi connectivity index (χ4n) is 13.1. The van der Waals surface area contributed by atoms with Gasteiger partial charge in [-0.15, -0.1) is 0 Å². The van der Waals surface area contributed by atoms with E-state index in [9.17, 15) is 31.6 Å². The summed E-state index contributed by atoms with van der Waals surface area (Å²) in [7, 11) is 0. The smallest absolute Gasteiger partial charge is 0.0999 e. The van der Waals surface area contributed by atoms with Crippen molar-refractivity contribution in [1.82, 2.24) is 0 Å². The molecule has 0 unspecified atom stereocenters. The second-order valence-electron chi connectivity index (χ2n) is 22.8. The van der Waals surface area contributed by atoms with E-state index in [1.54, 1.807) is 0 Å². The van der Waals surface area contributed by atoms with Crippen LogP contribution < -0.4 is 9.80 Å². The highest BCUT2D eigenvalue weighted by atomic mass is 15.2. The Balaban J connectivity index is 1.11. The Morgan fingerprint density at radius 1 is 0.267 bits per heavy atom. The molecule has 11 aromatic carbocycles. The molecule has 2 aliphatic rings. The molecule has 2 aliphatic heterocycles. The second-order valence-corrected chi connectivity index (χ2v) is 22.8. The van der Waals surface area contributed by atoms with Crippen molar-refractivity contribution >= 4 is 34.1 Å². The molecule has 0 amide bonds. The fraction of sp³-hybridized carbons (Fsp3) is 0.0769. The fourth-order valence-corrected chi connectivity index (χ4v) is 13.1. The molecule has 0 fully saturated rings. The zero-order chi connectivity index (χ0) is 59.4. The zero-order valence-electron chi connectivity index (χ0n) is 47.5. The Kier molecular flexibility index (Phi) is 13.0. The highest BCUT2D eigenvalue weighted by Gasteiger charge is 2.38. The molecule has 8 nitrogen and oxygen atoms in total. The van der Waals surface area contributed by atoms with Gasteiger partial charge < -0.3 is 9.80 Å². The topological polar surface area (TPSA) is 149 Å². The maximum atomic E-state index is 10.6. The van der Waals surface area contributed by atoms with E-state index in [4.69, 9.17) is 0 Å². The van der Waals surface area contributed by atoms with Crippen molar-refractivity contribution in [3.8, 4) is 103 Å². The van der Waals surface area contributed by atoms with Crippen LogP contribution >= 0.6 is 0 Å². The van der Waals surface area contributed by atoms with Gasteiger partial charge in [0.25, 0.3) is 0 Å². The minimum absolute atomic E-state index is 0.217. The first-order chi connectivity index (χ1) is 41.9. The molecule has 0 radical (unpaired) electrons. The summed E-state index contributed by atoms with van der Waals surface area (Å²) >= 11 is 0. The third-order valence-electron chi connectivity index (χ3n) is 17.2. The van der Waals surface area contributed by atoms with Crippen molar-refractivity contribution in [2.45, 2.75) is 38.5 Å². The van der Waals surface area contributed by atoms with Gasteiger partial charge in [0.1, 0.15) is 0 Å². The van der Waals surface area contributed by atoms with Crippen molar-refractivity contribution in [3.05, 3.63) is 286 Å². The number of hydrogen-bond donors (Lipinski definition) is 0. The molecular formula is C78H50N8. The highest BCUT2D eigenvalue weighted by Crippen LogP contribution is 2.55. The average Bonchev–Trinajstić information content (AvgIpc) is 1.28. The number of hydrogen-bond acceptors (Lipinski definition) is 8. The zero-order valence-corrected chi connectivity index (χ0v) is 47.5. The molecule has 0 spiro atoms. The molecule has 0 bridgehead atoms. The lowest BCUT2D eigenvalue weighted by Crippen LogP contribution is -2.30. The minimum Gasteiger partial charge on any atom is -0.310 e. The number of nitriles is 6. The largest absolute Gasteiger partial charge is 0.310 e. The van der Waals surface area contributed by atoms with E-state index in [1.165, 1.54) is 46.5 Å². The van der Waals surface area contributed by atoms with Crippen LogP contribution in [0.5, 0.6) is 0 Å². The monoisotopic (exact) mass is 1100 g/mol. The first kappa shape index (κ1) is 53.3. The second kappa shape index (κ2) is 21.1. The summed E-state index contributed by atoms with van der Waals surface area (Å²) in [6.45, 7) is 9.10. The van der Waals surface area contributed by atoms with E-state index in [1.807, 2.05) is 36.4 Å². The lowest BCUT2D eigenvalue weighted by molar-refractivity contribution is 0.632. The van der Waals surface area contributed by atoms with Crippen LogP contribution in [0.1, 0.15) is 83.3 Å². The number of para-hydroxylation sites is 4. The van der Waals surface area contributed by atoms with Gasteiger partial charge in [-0.2, -0.15) is 31.6 Å². The van der Waals surface area contributed by atoms with Gasteiger partial charge in [-0.3, -0.25) is 0 Å². The summed E-state index contributed by atoms with van der Waals surface area (Å²) in [6, 6.07) is 91.3. The first-order valence-corrected chi connectivity index (χ1v) is 28.2. The molecule has 2 heterocycles. The van der Waals surface area contributed by atoms with Crippen molar-refractivity contribution < 1.29 is 0 Å². The molecule has 0 saturated carbocycles. The average molecular weight is 1100 g/mol. The van der Waals surface area contributed by atoms with Gasteiger partial charge in [0.2, 0.25) is 0 Å². The van der Waals surface area contributed by atoms with Crippen LogP contribution in [0.25, 0.3) is 66.8 Å². The minimum atomic E-state index is -0.279. The van der Waals surface area contributed by atoms with E-state index in [0.29, 0.717) is 22.3 Å². The van der Waals surface area contributed by atoms with Crippen LogP contribution in [0.3, 0.4) is 0 Å². The van der Waals surface area contributed by atoms with E-state index in [-0.39, 0.29) is 44.2 Å². The molecule has 86 heavy (non-hydrogen) atoms. The molecule has 13 rings (SSSR count). The van der Waals surface area contributed by atoms with E-state index >= 15 is 0 Å². The third-order valence-corrected chi connectivity index (χ3v) is 17.2. The molecule has 0 N–H and O–H groups in total. The molecule has 0 aromatic heterocycles. The number of nitrogens with zero attached hydrogens (tertiary/aromatic N) is 8. The predicted molar refractivity (Wildman–Crippen MR) is 341 cm³/mol. The van der Waals surface area contributed by atoms with Crippen LogP contribution in [-0.2, 0) is 10.8 Å². The van der Waals surface area contributed by atoms with E-state index in [0.717, 1.165) is 78.6 Å². The SMILES string of the molecule is CC1(C)c2ccccc2N(c2cccc(-c3cc(-c4cccc(-c5c(C#N)cc(C#N)cc5C#N)c4)c(-c4cccc(N5c6ccccc6C(C)(C)c6ccccc65)c4)cc3-c3cccc(-c4c(C#N)cc(C#N)cc4C#N)c3)c2)c2ccccc21. The van der Waals surface area contributed by atoms with Gasteiger partial charge in [-0.25, -0.2) is 0 Å². The number of anilines is 6. The molecular weight excluding hydrogens is 1050 g/mol. The number of fused-ring (bicyclic) bond motifs is 4. The summed E-state index contributed by atoms with van der Waals surface area (Å²) in [5.41, 5.74) is 20.8. The molecule has 0 saturated heterocycles. The maximum absolute atomic E-state index is 10.6. The van der Waals surface area contributed by atoms with Crippen LogP contribution in [0.4, 0.5) is 34.1 Å². The Labute approximate surface area is 500 Å². The quantitative estimate of drug-likeness (QED) is 0.146. The molecule has 0 atom stereocenters. The normalized spacial score (nSPS) is 13.0. The third kappa shape index (κ3) is 8.71. The summed E-state index contributed by atoms with van der Waals surface area (Å²) < 4.78 is 0. The van der Waals surface area contributed by atoms with E-state index < -0.39 is 0 Å². The Morgan fingerprint density at radius 3 is 0.826 bits per heavy atom. The molecule has 402 valence electrons. The predicted octanol–water partition coefficient (Wildman–Crippen LogP) is 19.1. The highest BCUT2D eigenvalue weighted by molar-refractivity contribution is 5.99. The summed E-state index contributed by atoms with van der Waals surface area (Å²) in [5, 5.41) is 62.2. The Hall–Kier alpha value is -12.0. The van der Waals surface area contributed by atoms with Gasteiger partial charge in [0, 0.05) is 33.3 Å². The standard InChI is InChI=1S/C78H50N8/c1-77(2)67-25-5-9-29-71(67)85(72-30-10-6-26-68(72)77)61-23-15-19-53(39-61)65-41-64(52-18-14-22-56(38-52)76-59(47-83)35-50(44-80)36-60(76)48-84)66(42-63(65)51-17-13-21-55(37-51)75-57(45-81)33-49(43-79)34-58(75)46-82)54-20-16-24-62(40-54)86-73-31-11-7-27-69(73)78(3,4)70-28-8-12-32-74(70)86/h5-42H,1-4H3. The molecule has 0 aliphatic carbocycles. The van der Waals surface area contributed by atoms with Gasteiger partial charge in [0.05, 0.1) is 92.5 Å². The van der Waals surface area contributed by atoms with Crippen molar-refractivity contribution in [2.75, 3.05) is 9.80 Å². The van der Waals surface area contributed by atoms with Crippen LogP contribution in [-0.4, -0.2) is 0 Å². The van der Waals surface area contributed by atoms with Crippen LogP contribution in [0.15, 0.2) is 231 Å². The first-order valence-electron chi connectivity index (χ1n) is 28.2.